The zero-order valence-corrected chi connectivity index (χ0v) is 12.4. The van der Waals surface area contributed by atoms with E-state index in [0.29, 0.717) is 0 Å². The van der Waals surface area contributed by atoms with Gasteiger partial charge < -0.3 is 15.0 Å². The summed E-state index contributed by atoms with van der Waals surface area (Å²) in [5.41, 5.74) is 0.209. The van der Waals surface area contributed by atoms with Crippen molar-refractivity contribution in [3.8, 4) is 0 Å². The van der Waals surface area contributed by atoms with Crippen molar-refractivity contribution in [1.29, 1.82) is 0 Å². The van der Waals surface area contributed by atoms with Crippen molar-refractivity contribution in [2.75, 3.05) is 39.8 Å². The molecule has 2 fully saturated rings. The first-order valence-electron chi connectivity index (χ1n) is 7.62. The Bertz CT molecular complexity index is 245. The smallest absolute Gasteiger partial charge is 0.0805 e. The fourth-order valence-corrected chi connectivity index (χ4v) is 3.20. The minimum Gasteiger partial charge on any atom is -0.377 e. The number of hydrogen-bond donors (Lipinski definition) is 1. The average molecular weight is 254 g/mol. The summed E-state index contributed by atoms with van der Waals surface area (Å²) >= 11 is 0. The lowest BCUT2D eigenvalue weighted by atomic mass is 9.79. The fraction of sp³-hybridized carbons (Fsp3) is 1.00. The molecule has 1 atom stereocenters. The molecule has 1 saturated heterocycles. The van der Waals surface area contributed by atoms with Gasteiger partial charge in [-0.25, -0.2) is 0 Å². The maximum Gasteiger partial charge on any atom is 0.0805 e. The summed E-state index contributed by atoms with van der Waals surface area (Å²) in [7, 11) is 1.89. The van der Waals surface area contributed by atoms with Crippen LogP contribution >= 0.6 is 0 Å². The molecule has 0 spiro atoms. The van der Waals surface area contributed by atoms with E-state index in [1.165, 1.54) is 45.3 Å². The molecule has 0 radical (unpaired) electrons. The van der Waals surface area contributed by atoms with Crippen LogP contribution in [0.3, 0.4) is 0 Å². The molecule has 0 aromatic heterocycles. The first-order chi connectivity index (χ1) is 8.63. The van der Waals surface area contributed by atoms with Crippen molar-refractivity contribution in [1.82, 2.24) is 10.2 Å². The summed E-state index contributed by atoms with van der Waals surface area (Å²) in [6.07, 6.45) is 5.22. The van der Waals surface area contributed by atoms with E-state index < -0.39 is 0 Å². The zero-order valence-electron chi connectivity index (χ0n) is 12.4. The number of ether oxygens (including phenoxy) is 1. The van der Waals surface area contributed by atoms with Gasteiger partial charge in [-0.2, -0.15) is 0 Å². The second-order valence-corrected chi connectivity index (χ2v) is 6.68. The zero-order chi connectivity index (χ0) is 13.0. The van der Waals surface area contributed by atoms with Crippen LogP contribution in [0, 0.1) is 11.8 Å². The summed E-state index contributed by atoms with van der Waals surface area (Å²) in [6.45, 7) is 10.6. The van der Waals surface area contributed by atoms with Gasteiger partial charge in [0.1, 0.15) is 0 Å². The third-order valence-corrected chi connectivity index (χ3v) is 4.57. The van der Waals surface area contributed by atoms with Gasteiger partial charge in [0, 0.05) is 20.2 Å². The molecule has 1 aliphatic carbocycles. The van der Waals surface area contributed by atoms with E-state index in [0.717, 1.165) is 24.9 Å². The van der Waals surface area contributed by atoms with Gasteiger partial charge in [0.2, 0.25) is 0 Å². The highest BCUT2D eigenvalue weighted by atomic mass is 16.5. The fourth-order valence-electron chi connectivity index (χ4n) is 3.20. The number of nitrogens with one attached hydrogen (secondary N) is 1. The van der Waals surface area contributed by atoms with Gasteiger partial charge >= 0.3 is 0 Å². The molecule has 1 heterocycles. The molecule has 106 valence electrons. The number of rotatable bonds is 7. The summed E-state index contributed by atoms with van der Waals surface area (Å²) in [6, 6.07) is 0. The van der Waals surface area contributed by atoms with E-state index >= 15 is 0 Å². The summed E-state index contributed by atoms with van der Waals surface area (Å²) in [5.74, 6) is 1.60. The van der Waals surface area contributed by atoms with Crippen LogP contribution in [0.5, 0.6) is 0 Å². The quantitative estimate of drug-likeness (QED) is 0.753. The highest BCUT2D eigenvalue weighted by Gasteiger charge is 2.39. The molecular formula is C15H30N2O. The Kier molecular flexibility index (Phi) is 5.05. The predicted molar refractivity (Wildman–Crippen MR) is 75.8 cm³/mol. The van der Waals surface area contributed by atoms with Gasteiger partial charge in [0.05, 0.1) is 5.60 Å². The molecule has 3 nitrogen and oxygen atoms in total. The number of likely N-dealkylation sites (tertiary alicyclic amines) is 1. The Morgan fingerprint density at radius 3 is 2.72 bits per heavy atom. The maximum absolute atomic E-state index is 5.73. The standard InChI is InChI=1S/C15H30N2O/c1-13(2)9-16-10-14-5-8-17(11-14)12-15(18-3)6-4-7-15/h13-14,16H,4-12H2,1-3H3. The molecule has 2 aliphatic rings. The van der Waals surface area contributed by atoms with Crippen molar-refractivity contribution < 1.29 is 4.74 Å². The number of hydrogen-bond acceptors (Lipinski definition) is 3. The van der Waals surface area contributed by atoms with Crippen LogP contribution in [0.2, 0.25) is 0 Å². The molecule has 0 aromatic rings. The Balaban J connectivity index is 1.65. The summed E-state index contributed by atoms with van der Waals surface area (Å²) in [5, 5.41) is 3.59. The average Bonchev–Trinajstić information content (AvgIpc) is 2.71. The molecule has 0 aromatic carbocycles. The van der Waals surface area contributed by atoms with E-state index in [1.54, 1.807) is 0 Å². The third-order valence-electron chi connectivity index (χ3n) is 4.57. The van der Waals surface area contributed by atoms with Crippen molar-refractivity contribution in [2.45, 2.75) is 45.1 Å². The first-order valence-corrected chi connectivity index (χ1v) is 7.62. The molecule has 2 rings (SSSR count). The van der Waals surface area contributed by atoms with E-state index in [4.69, 9.17) is 4.74 Å². The molecule has 1 saturated carbocycles. The SMILES string of the molecule is COC1(CN2CCC(CNCC(C)C)C2)CCC1. The van der Waals surface area contributed by atoms with Crippen LogP contribution in [0.4, 0.5) is 0 Å². The van der Waals surface area contributed by atoms with Crippen molar-refractivity contribution in [3.63, 3.8) is 0 Å². The molecule has 0 bridgehead atoms. The van der Waals surface area contributed by atoms with Crippen LogP contribution in [-0.2, 0) is 4.74 Å². The highest BCUT2D eigenvalue weighted by molar-refractivity contribution is 4.94. The molecule has 1 unspecified atom stereocenters. The van der Waals surface area contributed by atoms with Crippen LogP contribution < -0.4 is 5.32 Å². The van der Waals surface area contributed by atoms with Crippen molar-refractivity contribution in [2.24, 2.45) is 11.8 Å². The number of methoxy groups -OCH3 is 1. The lowest BCUT2D eigenvalue weighted by molar-refractivity contribution is -0.0887. The second-order valence-electron chi connectivity index (χ2n) is 6.68. The normalized spacial score (nSPS) is 27.7. The minimum atomic E-state index is 0.209. The van der Waals surface area contributed by atoms with E-state index in [-0.39, 0.29) is 5.60 Å². The highest BCUT2D eigenvalue weighted by Crippen LogP contribution is 2.36. The summed E-state index contributed by atoms with van der Waals surface area (Å²) < 4.78 is 5.73. The molecule has 1 aliphatic heterocycles. The summed E-state index contributed by atoms with van der Waals surface area (Å²) in [4.78, 5) is 2.62. The van der Waals surface area contributed by atoms with Crippen LogP contribution in [0.25, 0.3) is 0 Å². The first kappa shape index (κ1) is 14.3. The van der Waals surface area contributed by atoms with Gasteiger partial charge in [-0.15, -0.1) is 0 Å². The lowest BCUT2D eigenvalue weighted by Gasteiger charge is -2.43. The molecular weight excluding hydrogens is 224 g/mol. The van der Waals surface area contributed by atoms with Gasteiger partial charge in [0.25, 0.3) is 0 Å². The van der Waals surface area contributed by atoms with E-state index in [2.05, 4.69) is 24.1 Å². The number of nitrogens with zero attached hydrogens (tertiary/aromatic N) is 1. The minimum absolute atomic E-state index is 0.209. The Labute approximate surface area is 112 Å². The monoisotopic (exact) mass is 254 g/mol. The van der Waals surface area contributed by atoms with Crippen molar-refractivity contribution >= 4 is 0 Å². The molecule has 18 heavy (non-hydrogen) atoms. The second kappa shape index (κ2) is 6.36. The van der Waals surface area contributed by atoms with Gasteiger partial charge in [-0.05, 0) is 57.2 Å². The Hall–Kier alpha value is -0.120. The molecule has 0 amide bonds. The predicted octanol–water partition coefficient (Wildman–Crippen LogP) is 2.12. The van der Waals surface area contributed by atoms with Gasteiger partial charge in [0.15, 0.2) is 0 Å². The van der Waals surface area contributed by atoms with Crippen LogP contribution in [0.15, 0.2) is 0 Å². The molecule has 1 N–H and O–H groups in total. The maximum atomic E-state index is 5.73. The van der Waals surface area contributed by atoms with Gasteiger partial charge in [-0.1, -0.05) is 13.8 Å². The topological polar surface area (TPSA) is 24.5 Å². The third kappa shape index (κ3) is 3.69. The molecule has 3 heteroatoms. The van der Waals surface area contributed by atoms with Gasteiger partial charge in [-0.3, -0.25) is 0 Å². The van der Waals surface area contributed by atoms with Crippen LogP contribution in [0.1, 0.15) is 39.5 Å². The van der Waals surface area contributed by atoms with Crippen molar-refractivity contribution in [3.05, 3.63) is 0 Å². The van der Waals surface area contributed by atoms with Crippen LogP contribution in [-0.4, -0.2) is 50.3 Å². The largest absolute Gasteiger partial charge is 0.377 e. The van der Waals surface area contributed by atoms with E-state index in [9.17, 15) is 0 Å². The Morgan fingerprint density at radius 2 is 2.17 bits per heavy atom. The van der Waals surface area contributed by atoms with E-state index in [1.807, 2.05) is 7.11 Å². The lowest BCUT2D eigenvalue weighted by Crippen LogP contribution is -2.49. The Morgan fingerprint density at radius 1 is 1.39 bits per heavy atom.